The highest BCUT2D eigenvalue weighted by Gasteiger charge is 2.43. The summed E-state index contributed by atoms with van der Waals surface area (Å²) in [6, 6.07) is 31.6. The highest BCUT2D eigenvalue weighted by atomic mass is 127. The van der Waals surface area contributed by atoms with Crippen molar-refractivity contribution in [3.05, 3.63) is 103 Å². The molecule has 3 aromatic rings. The molecular formula is C49H75IO2P+. The molecule has 0 bridgehead atoms. The van der Waals surface area contributed by atoms with Gasteiger partial charge in [-0.15, -0.1) is 0 Å². The lowest BCUT2D eigenvalue weighted by Crippen LogP contribution is -2.26. The molecule has 53 heavy (non-hydrogen) atoms. The van der Waals surface area contributed by atoms with Gasteiger partial charge >= 0.3 is 0 Å². The molecule has 0 heterocycles. The Labute approximate surface area is 340 Å². The Balaban J connectivity index is 1.30. The topological polar surface area (TPSA) is 18.5 Å². The Kier molecular flexibility index (Phi) is 26.5. The van der Waals surface area contributed by atoms with E-state index in [4.69, 9.17) is 9.47 Å². The van der Waals surface area contributed by atoms with Crippen LogP contribution < -0.4 is 15.9 Å². The first-order valence-electron chi connectivity index (χ1n) is 21.9. The van der Waals surface area contributed by atoms with Gasteiger partial charge in [0.2, 0.25) is 0 Å². The zero-order valence-corrected chi connectivity index (χ0v) is 36.9. The molecular weight excluding hydrogens is 778 g/mol. The van der Waals surface area contributed by atoms with Gasteiger partial charge in [0.1, 0.15) is 15.9 Å². The lowest BCUT2D eigenvalue weighted by Gasteiger charge is -2.20. The molecule has 0 aliphatic heterocycles. The number of rotatable bonds is 33. The fourth-order valence-electron chi connectivity index (χ4n) is 7.11. The van der Waals surface area contributed by atoms with Crippen molar-refractivity contribution in [1.82, 2.24) is 0 Å². The molecule has 0 radical (unpaired) electrons. The van der Waals surface area contributed by atoms with Crippen molar-refractivity contribution in [2.45, 2.75) is 174 Å². The Bertz CT molecular complexity index is 1220. The van der Waals surface area contributed by atoms with Crippen LogP contribution in [-0.2, 0) is 15.9 Å². The number of halogens is 1. The second-order valence-electron chi connectivity index (χ2n) is 15.0. The Morgan fingerprint density at radius 2 is 0.887 bits per heavy atom. The van der Waals surface area contributed by atoms with Crippen LogP contribution in [0, 0.1) is 0 Å². The predicted molar refractivity (Wildman–Crippen MR) is 245 cm³/mol. The number of hydrogen-bond acceptors (Lipinski definition) is 2. The van der Waals surface area contributed by atoms with Crippen LogP contribution in [0.15, 0.2) is 97.1 Å². The van der Waals surface area contributed by atoms with E-state index in [-0.39, 0.29) is 6.29 Å². The van der Waals surface area contributed by atoms with Gasteiger partial charge in [0.25, 0.3) is 0 Å². The van der Waals surface area contributed by atoms with Crippen LogP contribution in [0.3, 0.4) is 0 Å². The van der Waals surface area contributed by atoms with Gasteiger partial charge in [-0.1, -0.05) is 171 Å². The summed E-state index contributed by atoms with van der Waals surface area (Å²) in [6.07, 6.45) is 35.6. The zero-order chi connectivity index (χ0) is 37.5. The summed E-state index contributed by atoms with van der Waals surface area (Å²) in [5.74, 6) is 0. The third-order valence-electron chi connectivity index (χ3n) is 10.4. The maximum absolute atomic E-state index is 6.30. The summed E-state index contributed by atoms with van der Waals surface area (Å²) in [5.41, 5.74) is 1.44. The standard InChI is InChI=1S/C49H75IO2P/c1-3-5-7-9-11-17-21-31-43-51-49(52-44-32-22-18-12-10-8-6-4-2)38-30-20-16-14-13-15-19-25-33-45-39-41-48(42-40-45)53(50,46-34-26-23-27-35-46)47-36-28-24-29-37-47/h13,15,23-24,26-29,34-37,39-42,49H,3-12,14,16-22,25,30-33,38,43-44H2,1-2H3/q+1/b15-13+. The molecule has 0 saturated carbocycles. The summed E-state index contributed by atoms with van der Waals surface area (Å²) in [5, 5.41) is 4.29. The van der Waals surface area contributed by atoms with Gasteiger partial charge in [-0.3, -0.25) is 0 Å². The van der Waals surface area contributed by atoms with E-state index in [1.54, 1.807) is 0 Å². The first kappa shape index (κ1) is 45.9. The van der Waals surface area contributed by atoms with Crippen molar-refractivity contribution in [3.8, 4) is 0 Å². The predicted octanol–water partition coefficient (Wildman–Crippen LogP) is 14.8. The maximum atomic E-state index is 6.30. The molecule has 0 atom stereocenters. The van der Waals surface area contributed by atoms with E-state index in [9.17, 15) is 0 Å². The molecule has 0 fully saturated rings. The Morgan fingerprint density at radius 3 is 1.38 bits per heavy atom. The van der Waals surface area contributed by atoms with E-state index in [1.807, 2.05) is 0 Å². The second kappa shape index (κ2) is 30.7. The number of unbranched alkanes of at least 4 members (excludes halogenated alkanes) is 18. The van der Waals surface area contributed by atoms with Crippen LogP contribution in [0.1, 0.15) is 167 Å². The van der Waals surface area contributed by atoms with Crippen molar-refractivity contribution in [2.24, 2.45) is 0 Å². The van der Waals surface area contributed by atoms with Gasteiger partial charge in [0, 0.05) is 13.2 Å². The van der Waals surface area contributed by atoms with Gasteiger partial charge in [-0.05, 0) is 99.7 Å². The molecule has 2 nitrogen and oxygen atoms in total. The quantitative estimate of drug-likeness (QED) is 0.0200. The van der Waals surface area contributed by atoms with Crippen LogP contribution in [0.4, 0.5) is 0 Å². The molecule has 0 amide bonds. The summed E-state index contributed by atoms with van der Waals surface area (Å²) >= 11 is 2.76. The third kappa shape index (κ3) is 19.8. The second-order valence-corrected chi connectivity index (χ2v) is 22.1. The molecule has 0 N–H and O–H groups in total. The smallest absolute Gasteiger partial charge is 0.173 e. The molecule has 294 valence electrons. The average Bonchev–Trinajstić information content (AvgIpc) is 3.20. The monoisotopic (exact) mass is 853 g/mol. The Hall–Kier alpha value is -1.52. The van der Waals surface area contributed by atoms with Gasteiger partial charge in [0.05, 0.1) is 0 Å². The lowest BCUT2D eigenvalue weighted by molar-refractivity contribution is -0.148. The van der Waals surface area contributed by atoms with Crippen molar-refractivity contribution < 1.29 is 9.47 Å². The third-order valence-corrected chi connectivity index (χ3v) is 18.5. The highest BCUT2D eigenvalue weighted by Crippen LogP contribution is 2.63. The summed E-state index contributed by atoms with van der Waals surface area (Å²) in [4.78, 5) is -1.69. The first-order valence-corrected chi connectivity index (χ1v) is 26.4. The number of aryl methyl sites for hydroxylation is 1. The van der Waals surface area contributed by atoms with Crippen LogP contribution >= 0.6 is 26.9 Å². The Morgan fingerprint density at radius 1 is 0.472 bits per heavy atom. The van der Waals surface area contributed by atoms with Crippen molar-refractivity contribution in [3.63, 3.8) is 0 Å². The van der Waals surface area contributed by atoms with Crippen LogP contribution in [0.25, 0.3) is 0 Å². The maximum Gasteiger partial charge on any atom is 0.173 e. The van der Waals surface area contributed by atoms with E-state index < -0.39 is 4.90 Å². The van der Waals surface area contributed by atoms with Crippen LogP contribution in [0.5, 0.6) is 0 Å². The zero-order valence-electron chi connectivity index (χ0n) is 33.8. The van der Waals surface area contributed by atoms with Gasteiger partial charge in [0.15, 0.2) is 33.2 Å². The van der Waals surface area contributed by atoms with Crippen molar-refractivity contribution >= 4 is 42.9 Å². The fraction of sp³-hybridized carbons (Fsp3) is 0.592. The number of allylic oxidation sites excluding steroid dienone is 2. The summed E-state index contributed by atoms with van der Waals surface area (Å²) in [6.45, 7) is 6.29. The molecule has 0 aliphatic rings. The number of benzene rings is 3. The molecule has 0 unspecified atom stereocenters. The van der Waals surface area contributed by atoms with Crippen molar-refractivity contribution in [1.29, 1.82) is 0 Å². The van der Waals surface area contributed by atoms with Gasteiger partial charge < -0.3 is 9.47 Å². The van der Waals surface area contributed by atoms with E-state index in [2.05, 4.69) is 133 Å². The van der Waals surface area contributed by atoms with Gasteiger partial charge in [-0.25, -0.2) is 0 Å². The largest absolute Gasteiger partial charge is 0.353 e. The molecule has 3 aromatic carbocycles. The summed E-state index contributed by atoms with van der Waals surface area (Å²) in [7, 11) is 0. The highest BCUT2D eigenvalue weighted by molar-refractivity contribution is 14.2. The SMILES string of the molecule is CCCCCCCCCCOC(CCCCC/C=C/CCCc1ccc([P+](I)(c2ccccc2)c2ccccc2)cc1)OCCCCCCCCCC. The molecule has 3 rings (SSSR count). The van der Waals surface area contributed by atoms with Crippen molar-refractivity contribution in [2.75, 3.05) is 13.2 Å². The number of hydrogen-bond donors (Lipinski definition) is 0. The average molecular weight is 854 g/mol. The van der Waals surface area contributed by atoms with Gasteiger partial charge in [-0.2, -0.15) is 0 Å². The normalized spacial score (nSPS) is 12.0. The molecule has 0 spiro atoms. The van der Waals surface area contributed by atoms with Crippen LogP contribution in [-0.4, -0.2) is 19.5 Å². The lowest BCUT2D eigenvalue weighted by atomic mass is 10.1. The minimum atomic E-state index is -1.69. The van der Waals surface area contributed by atoms with E-state index >= 15 is 0 Å². The molecule has 4 heteroatoms. The minimum Gasteiger partial charge on any atom is -0.353 e. The fourth-order valence-corrected chi connectivity index (χ4v) is 12.6. The van der Waals surface area contributed by atoms with Crippen LogP contribution in [0.2, 0.25) is 0 Å². The minimum absolute atomic E-state index is 0.0134. The van der Waals surface area contributed by atoms with E-state index in [1.165, 1.54) is 156 Å². The molecule has 0 saturated heterocycles. The van der Waals surface area contributed by atoms with E-state index in [0.29, 0.717) is 0 Å². The molecule has 0 aliphatic carbocycles. The van der Waals surface area contributed by atoms with E-state index in [0.717, 1.165) is 32.5 Å². The summed E-state index contributed by atoms with van der Waals surface area (Å²) < 4.78 is 12.6. The number of ether oxygens (including phenoxy) is 2. The first-order chi connectivity index (χ1) is 26.2. The molecule has 0 aromatic heterocycles.